The Morgan fingerprint density at radius 2 is 2.25 bits per heavy atom. The van der Waals surface area contributed by atoms with Crippen LogP contribution in [0.5, 0.6) is 0 Å². The molecule has 1 aliphatic rings. The van der Waals surface area contributed by atoms with Crippen molar-refractivity contribution in [1.29, 1.82) is 0 Å². The third kappa shape index (κ3) is 1.91. The summed E-state index contributed by atoms with van der Waals surface area (Å²) in [6.45, 7) is 1.73. The average molecular weight is 273 g/mol. The third-order valence-corrected chi connectivity index (χ3v) is 3.87. The van der Waals surface area contributed by atoms with Gasteiger partial charge in [0.25, 0.3) is 0 Å². The van der Waals surface area contributed by atoms with Crippen LogP contribution in [-0.4, -0.2) is 30.6 Å². The van der Waals surface area contributed by atoms with E-state index >= 15 is 0 Å². The number of imidazole rings is 1. The molecule has 0 amide bonds. The molecule has 2 heterocycles. The van der Waals surface area contributed by atoms with Crippen LogP contribution in [0.3, 0.4) is 0 Å². The molecular weight excluding hydrogens is 258 g/mol. The topological polar surface area (TPSA) is 107 Å². The lowest BCUT2D eigenvalue weighted by atomic mass is 9.93. The number of carboxylic acid groups (broad SMARTS) is 1. The number of nitrogen functional groups attached to an aromatic ring is 1. The summed E-state index contributed by atoms with van der Waals surface area (Å²) in [6, 6.07) is 0.0566. The molecule has 7 nitrogen and oxygen atoms in total. The number of hydrogen-bond acceptors (Lipinski definition) is 5. The number of hydrogen-bond donors (Lipinski definition) is 2. The van der Waals surface area contributed by atoms with Gasteiger partial charge in [-0.15, -0.1) is 0 Å². The fourth-order valence-electron chi connectivity index (χ4n) is 2.58. The zero-order chi connectivity index (χ0) is 14.3. The first-order chi connectivity index (χ1) is 9.58. The Morgan fingerprint density at radius 3 is 3.00 bits per heavy atom. The minimum Gasteiger partial charge on any atom is -0.481 e. The molecule has 0 bridgehead atoms. The van der Waals surface area contributed by atoms with Gasteiger partial charge in [-0.25, -0.2) is 15.0 Å². The van der Waals surface area contributed by atoms with Crippen molar-refractivity contribution in [3.8, 4) is 0 Å². The van der Waals surface area contributed by atoms with Crippen molar-refractivity contribution < 1.29 is 9.90 Å². The van der Waals surface area contributed by atoms with E-state index in [0.717, 1.165) is 6.42 Å². The van der Waals surface area contributed by atoms with Gasteiger partial charge < -0.3 is 15.4 Å². The molecule has 20 heavy (non-hydrogen) atoms. The zero-order valence-electron chi connectivity index (χ0n) is 11.0. The van der Waals surface area contributed by atoms with Crippen LogP contribution in [0.25, 0.3) is 11.2 Å². The second-order valence-corrected chi connectivity index (χ2v) is 5.06. The molecule has 0 aromatic carbocycles. The molecule has 1 aliphatic carbocycles. The van der Waals surface area contributed by atoms with E-state index in [0.29, 0.717) is 17.0 Å². The molecule has 7 heteroatoms. The van der Waals surface area contributed by atoms with Crippen molar-refractivity contribution >= 4 is 23.0 Å². The molecule has 3 atom stereocenters. The Balaban J connectivity index is 1.89. The maximum Gasteiger partial charge on any atom is 0.306 e. The van der Waals surface area contributed by atoms with Crippen molar-refractivity contribution in [1.82, 2.24) is 19.5 Å². The predicted molar refractivity (Wildman–Crippen MR) is 72.8 cm³/mol. The number of carboxylic acids is 1. The number of anilines is 1. The highest BCUT2D eigenvalue weighted by Crippen LogP contribution is 2.34. The SMILES string of the molecule is CC(C(=O)O)[C@@H]1C=C[C@H](n2cnc3c(N)ncnc32)C1. The van der Waals surface area contributed by atoms with Gasteiger partial charge >= 0.3 is 5.97 Å². The van der Waals surface area contributed by atoms with E-state index in [2.05, 4.69) is 15.0 Å². The number of allylic oxidation sites excluding steroid dienone is 2. The smallest absolute Gasteiger partial charge is 0.306 e. The fourth-order valence-corrected chi connectivity index (χ4v) is 2.58. The highest BCUT2D eigenvalue weighted by atomic mass is 16.4. The largest absolute Gasteiger partial charge is 0.481 e. The Morgan fingerprint density at radius 1 is 1.45 bits per heavy atom. The Labute approximate surface area is 115 Å². The normalized spacial score (nSPS) is 23.2. The van der Waals surface area contributed by atoms with Crippen LogP contribution in [0.1, 0.15) is 19.4 Å². The Bertz CT molecular complexity index is 693. The van der Waals surface area contributed by atoms with Gasteiger partial charge in [0.2, 0.25) is 0 Å². The quantitative estimate of drug-likeness (QED) is 0.815. The highest BCUT2D eigenvalue weighted by Gasteiger charge is 2.29. The van der Waals surface area contributed by atoms with E-state index in [1.807, 2.05) is 16.7 Å². The first-order valence-electron chi connectivity index (χ1n) is 6.42. The lowest BCUT2D eigenvalue weighted by Gasteiger charge is -2.16. The second-order valence-electron chi connectivity index (χ2n) is 5.06. The van der Waals surface area contributed by atoms with Crippen LogP contribution in [0, 0.1) is 11.8 Å². The number of aromatic nitrogens is 4. The molecule has 0 spiro atoms. The van der Waals surface area contributed by atoms with E-state index in [1.165, 1.54) is 6.33 Å². The van der Waals surface area contributed by atoms with Gasteiger partial charge in [-0.3, -0.25) is 4.79 Å². The lowest BCUT2D eigenvalue weighted by molar-refractivity contribution is -0.142. The summed E-state index contributed by atoms with van der Waals surface area (Å²) in [4.78, 5) is 23.4. The summed E-state index contributed by atoms with van der Waals surface area (Å²) in [5.74, 6) is -0.798. The molecule has 0 radical (unpaired) electrons. The van der Waals surface area contributed by atoms with Crippen LogP contribution >= 0.6 is 0 Å². The van der Waals surface area contributed by atoms with Crippen molar-refractivity contribution in [3.63, 3.8) is 0 Å². The van der Waals surface area contributed by atoms with Crippen molar-refractivity contribution in [3.05, 3.63) is 24.8 Å². The summed E-state index contributed by atoms with van der Waals surface area (Å²) in [6.07, 6.45) is 7.77. The van der Waals surface area contributed by atoms with Gasteiger partial charge in [0.1, 0.15) is 11.8 Å². The van der Waals surface area contributed by atoms with E-state index in [-0.39, 0.29) is 12.0 Å². The van der Waals surface area contributed by atoms with Gasteiger partial charge in [-0.1, -0.05) is 19.1 Å². The molecule has 3 rings (SSSR count). The van der Waals surface area contributed by atoms with Crippen molar-refractivity contribution in [2.75, 3.05) is 5.73 Å². The predicted octanol–water partition coefficient (Wildman–Crippen LogP) is 1.25. The van der Waals surface area contributed by atoms with E-state index in [4.69, 9.17) is 10.8 Å². The maximum atomic E-state index is 11.0. The van der Waals surface area contributed by atoms with Crippen LogP contribution in [0.15, 0.2) is 24.8 Å². The van der Waals surface area contributed by atoms with Crippen LogP contribution < -0.4 is 5.73 Å². The fraction of sp³-hybridized carbons (Fsp3) is 0.385. The standard InChI is InChI=1S/C13H15N5O2/c1-7(13(19)20)8-2-3-9(4-8)18-6-17-10-11(14)15-5-16-12(10)18/h2-3,5-9H,4H2,1H3,(H,19,20)(H2,14,15,16)/t7?,8-,9+/m1/s1. The second kappa shape index (κ2) is 4.59. The molecular formula is C13H15N5O2. The van der Waals surface area contributed by atoms with Gasteiger partial charge in [-0.2, -0.15) is 0 Å². The number of nitrogens with zero attached hydrogens (tertiary/aromatic N) is 4. The molecule has 0 saturated heterocycles. The molecule has 2 aromatic heterocycles. The highest BCUT2D eigenvalue weighted by molar-refractivity contribution is 5.81. The van der Waals surface area contributed by atoms with Gasteiger partial charge in [0.05, 0.1) is 18.3 Å². The van der Waals surface area contributed by atoms with Crippen LogP contribution in [0.4, 0.5) is 5.82 Å². The van der Waals surface area contributed by atoms with Gasteiger partial charge in [-0.05, 0) is 12.3 Å². The summed E-state index contributed by atoms with van der Waals surface area (Å²) < 4.78 is 1.92. The first-order valence-corrected chi connectivity index (χ1v) is 6.42. The summed E-state index contributed by atoms with van der Waals surface area (Å²) in [5.41, 5.74) is 7.02. The minimum absolute atomic E-state index is 0.0223. The molecule has 2 aromatic rings. The summed E-state index contributed by atoms with van der Waals surface area (Å²) in [5, 5.41) is 9.08. The summed E-state index contributed by atoms with van der Waals surface area (Å²) in [7, 11) is 0. The van der Waals surface area contributed by atoms with Crippen LogP contribution in [-0.2, 0) is 4.79 Å². The molecule has 0 fully saturated rings. The van der Waals surface area contributed by atoms with Crippen molar-refractivity contribution in [2.24, 2.45) is 11.8 Å². The first kappa shape index (κ1) is 12.6. The molecule has 3 N–H and O–H groups in total. The van der Waals surface area contributed by atoms with Gasteiger partial charge in [0, 0.05) is 0 Å². The molecule has 1 unspecified atom stereocenters. The Kier molecular flexibility index (Phi) is 2.89. The number of aliphatic carboxylic acids is 1. The number of nitrogens with two attached hydrogens (primary N) is 1. The zero-order valence-corrected chi connectivity index (χ0v) is 11.0. The lowest BCUT2D eigenvalue weighted by Crippen LogP contribution is -2.19. The average Bonchev–Trinajstić information content (AvgIpc) is 3.04. The van der Waals surface area contributed by atoms with Crippen LogP contribution in [0.2, 0.25) is 0 Å². The van der Waals surface area contributed by atoms with Crippen molar-refractivity contribution in [2.45, 2.75) is 19.4 Å². The summed E-state index contributed by atoms with van der Waals surface area (Å²) >= 11 is 0. The van der Waals surface area contributed by atoms with E-state index < -0.39 is 11.9 Å². The maximum absolute atomic E-state index is 11.0. The van der Waals surface area contributed by atoms with E-state index in [9.17, 15) is 4.79 Å². The Hall–Kier alpha value is -2.44. The number of rotatable bonds is 3. The molecule has 0 saturated carbocycles. The van der Waals surface area contributed by atoms with Gasteiger partial charge in [0.15, 0.2) is 11.5 Å². The monoisotopic (exact) mass is 273 g/mol. The number of fused-ring (bicyclic) bond motifs is 1. The number of carbonyl (C=O) groups is 1. The minimum atomic E-state index is -0.776. The third-order valence-electron chi connectivity index (χ3n) is 3.87. The molecule has 0 aliphatic heterocycles. The molecule has 104 valence electrons. The van der Waals surface area contributed by atoms with E-state index in [1.54, 1.807) is 13.3 Å².